The van der Waals surface area contributed by atoms with Gasteiger partial charge in [0.1, 0.15) is 5.76 Å². The first-order valence-electron chi connectivity index (χ1n) is 5.87. The van der Waals surface area contributed by atoms with E-state index in [0.717, 1.165) is 0 Å². The van der Waals surface area contributed by atoms with Crippen LogP contribution in [0.2, 0.25) is 0 Å². The van der Waals surface area contributed by atoms with E-state index < -0.39 is 22.0 Å². The highest BCUT2D eigenvalue weighted by molar-refractivity contribution is 5.99. The van der Waals surface area contributed by atoms with Crippen molar-refractivity contribution in [3.05, 3.63) is 27.8 Å². The van der Waals surface area contributed by atoms with Crippen LogP contribution in [0.5, 0.6) is 5.75 Å². The predicted octanol–water partition coefficient (Wildman–Crippen LogP) is 2.87. The molecule has 0 spiro atoms. The molecule has 0 aliphatic rings. The summed E-state index contributed by atoms with van der Waals surface area (Å²) in [6.07, 6.45) is 0. The molecule has 1 N–H and O–H groups in total. The Morgan fingerprint density at radius 3 is 2.06 bits per heavy atom. The lowest BCUT2D eigenvalue weighted by molar-refractivity contribution is 0.0815. The normalized spacial score (nSPS) is 12.6. The second-order valence-corrected chi connectivity index (χ2v) is 6.48. The molecule has 0 unspecified atom stereocenters. The fraction of sp³-hybridized carbons (Fsp3) is 0.571. The third-order valence-electron chi connectivity index (χ3n) is 2.55. The van der Waals surface area contributed by atoms with Crippen molar-refractivity contribution in [1.82, 2.24) is 0 Å². The van der Waals surface area contributed by atoms with E-state index in [-0.39, 0.29) is 11.5 Å². The number of ketones is 1. The van der Waals surface area contributed by atoms with E-state index in [9.17, 15) is 14.7 Å². The summed E-state index contributed by atoms with van der Waals surface area (Å²) in [5.41, 5.74) is -1.71. The van der Waals surface area contributed by atoms with Gasteiger partial charge in [-0.25, -0.2) is 0 Å². The molecule has 0 radical (unpaired) electrons. The molecule has 0 atom stereocenters. The molecule has 1 aromatic rings. The monoisotopic (exact) mass is 252 g/mol. The Kier molecular flexibility index (Phi) is 3.43. The van der Waals surface area contributed by atoms with E-state index >= 15 is 0 Å². The molecule has 0 aliphatic heterocycles. The van der Waals surface area contributed by atoms with Gasteiger partial charge in [0, 0.05) is 16.9 Å². The second kappa shape index (κ2) is 4.26. The smallest absolute Gasteiger partial charge is 0.227 e. The summed E-state index contributed by atoms with van der Waals surface area (Å²) < 4.78 is 5.44. The van der Waals surface area contributed by atoms with Crippen LogP contribution in [0.15, 0.2) is 15.3 Å². The van der Waals surface area contributed by atoms with Crippen molar-refractivity contribution in [2.45, 2.75) is 47.0 Å². The van der Waals surface area contributed by atoms with E-state index in [1.807, 2.05) is 20.8 Å². The molecule has 0 saturated carbocycles. The third kappa shape index (κ3) is 2.81. The van der Waals surface area contributed by atoms with Crippen LogP contribution in [0.1, 0.15) is 57.9 Å². The summed E-state index contributed by atoms with van der Waals surface area (Å²) in [4.78, 5) is 23.8. The Bertz CT molecular complexity index is 524. The summed E-state index contributed by atoms with van der Waals surface area (Å²) in [6.45, 7) is 10.7. The molecule has 0 amide bonds. The number of hydrogen-bond donors (Lipinski definition) is 1. The first-order chi connectivity index (χ1) is 7.94. The van der Waals surface area contributed by atoms with Crippen LogP contribution < -0.4 is 5.43 Å². The van der Waals surface area contributed by atoms with Crippen LogP contribution in [-0.2, 0) is 5.41 Å². The molecule has 0 fully saturated rings. The Balaban J connectivity index is 3.51. The lowest BCUT2D eigenvalue weighted by Gasteiger charge is -2.20. The number of Topliss-reactive ketones (excluding diaryl/α,β-unsaturated/α-hetero) is 1. The van der Waals surface area contributed by atoms with Gasteiger partial charge in [0.05, 0.1) is 0 Å². The molecular weight excluding hydrogens is 232 g/mol. The first-order valence-corrected chi connectivity index (χ1v) is 5.87. The van der Waals surface area contributed by atoms with E-state index in [1.54, 1.807) is 20.8 Å². The van der Waals surface area contributed by atoms with Crippen molar-refractivity contribution < 1.29 is 14.3 Å². The van der Waals surface area contributed by atoms with Gasteiger partial charge >= 0.3 is 0 Å². The van der Waals surface area contributed by atoms with Gasteiger partial charge in [-0.1, -0.05) is 41.5 Å². The van der Waals surface area contributed by atoms with Gasteiger partial charge in [0.15, 0.2) is 0 Å². The highest BCUT2D eigenvalue weighted by Crippen LogP contribution is 2.29. The van der Waals surface area contributed by atoms with Crippen LogP contribution in [-0.4, -0.2) is 10.9 Å². The second-order valence-electron chi connectivity index (χ2n) is 6.48. The summed E-state index contributed by atoms with van der Waals surface area (Å²) in [5, 5.41) is 9.69. The predicted molar refractivity (Wildman–Crippen MR) is 69.1 cm³/mol. The highest BCUT2D eigenvalue weighted by Gasteiger charge is 2.31. The van der Waals surface area contributed by atoms with Crippen molar-refractivity contribution in [1.29, 1.82) is 0 Å². The van der Waals surface area contributed by atoms with E-state index in [4.69, 9.17) is 4.42 Å². The van der Waals surface area contributed by atoms with Crippen LogP contribution in [0.4, 0.5) is 0 Å². The maximum atomic E-state index is 12.1. The summed E-state index contributed by atoms with van der Waals surface area (Å²) in [7, 11) is 0. The molecule has 0 aliphatic carbocycles. The summed E-state index contributed by atoms with van der Waals surface area (Å²) in [6, 6.07) is 1.23. The van der Waals surface area contributed by atoms with Gasteiger partial charge in [-0.05, 0) is 0 Å². The van der Waals surface area contributed by atoms with Crippen molar-refractivity contribution >= 4 is 5.78 Å². The molecule has 1 aromatic heterocycles. The van der Waals surface area contributed by atoms with Gasteiger partial charge < -0.3 is 9.52 Å². The van der Waals surface area contributed by atoms with Crippen LogP contribution in [0, 0.1) is 5.41 Å². The molecule has 0 aromatic carbocycles. The zero-order chi connectivity index (χ0) is 14.3. The molecule has 100 valence electrons. The Hall–Kier alpha value is -1.58. The molecule has 1 heterocycles. The van der Waals surface area contributed by atoms with E-state index in [1.165, 1.54) is 6.07 Å². The molecule has 0 bridgehead atoms. The van der Waals surface area contributed by atoms with E-state index in [2.05, 4.69) is 0 Å². The topological polar surface area (TPSA) is 67.5 Å². The van der Waals surface area contributed by atoms with Crippen molar-refractivity contribution in [3.63, 3.8) is 0 Å². The van der Waals surface area contributed by atoms with Gasteiger partial charge in [-0.2, -0.15) is 0 Å². The fourth-order valence-corrected chi connectivity index (χ4v) is 1.35. The zero-order valence-electron chi connectivity index (χ0n) is 11.7. The zero-order valence-corrected chi connectivity index (χ0v) is 11.7. The maximum absolute atomic E-state index is 12.1. The first kappa shape index (κ1) is 14.5. The van der Waals surface area contributed by atoms with Gasteiger partial charge in [-0.3, -0.25) is 9.59 Å². The maximum Gasteiger partial charge on any atom is 0.227 e. The molecule has 0 saturated heterocycles. The average Bonchev–Trinajstić information content (AvgIpc) is 2.17. The Labute approximate surface area is 107 Å². The fourth-order valence-electron chi connectivity index (χ4n) is 1.35. The minimum atomic E-state index is -0.718. The Morgan fingerprint density at radius 2 is 1.67 bits per heavy atom. The third-order valence-corrected chi connectivity index (χ3v) is 2.55. The molecule has 18 heavy (non-hydrogen) atoms. The largest absolute Gasteiger partial charge is 0.501 e. The number of rotatable bonds is 1. The van der Waals surface area contributed by atoms with Crippen molar-refractivity contribution in [2.24, 2.45) is 5.41 Å². The number of aromatic hydroxyl groups is 1. The van der Waals surface area contributed by atoms with Crippen molar-refractivity contribution in [2.75, 3.05) is 0 Å². The quantitative estimate of drug-likeness (QED) is 0.780. The SMILES string of the molecule is CC(C)(C)C(=O)c1oc(C(C)(C)C)cc(=O)c1O. The minimum Gasteiger partial charge on any atom is -0.501 e. The van der Waals surface area contributed by atoms with Crippen molar-refractivity contribution in [3.8, 4) is 5.75 Å². The molecule has 1 rings (SSSR count). The minimum absolute atomic E-state index is 0.250. The molecule has 4 nitrogen and oxygen atoms in total. The standard InChI is InChI=1S/C14H20O4/c1-13(2,3)9-7-8(15)10(16)11(18-9)12(17)14(4,5)6/h7,16H,1-6H3. The van der Waals surface area contributed by atoms with E-state index in [0.29, 0.717) is 5.76 Å². The lowest BCUT2D eigenvalue weighted by atomic mass is 9.88. The number of hydrogen-bond acceptors (Lipinski definition) is 4. The van der Waals surface area contributed by atoms with Gasteiger partial charge in [0.25, 0.3) is 0 Å². The van der Waals surface area contributed by atoms with Crippen LogP contribution in [0.25, 0.3) is 0 Å². The number of carbonyl (C=O) groups is 1. The van der Waals surface area contributed by atoms with Crippen LogP contribution in [0.3, 0.4) is 0 Å². The highest BCUT2D eigenvalue weighted by atomic mass is 16.4. The lowest BCUT2D eigenvalue weighted by Crippen LogP contribution is -2.24. The Morgan fingerprint density at radius 1 is 1.17 bits per heavy atom. The summed E-state index contributed by atoms with van der Waals surface area (Å²) in [5.74, 6) is -0.857. The van der Waals surface area contributed by atoms with Gasteiger partial charge in [0.2, 0.25) is 22.7 Å². The summed E-state index contributed by atoms with van der Waals surface area (Å²) >= 11 is 0. The van der Waals surface area contributed by atoms with Gasteiger partial charge in [-0.15, -0.1) is 0 Å². The number of carbonyl (C=O) groups excluding carboxylic acids is 1. The molecule has 4 heteroatoms. The molecular formula is C14H20O4. The average molecular weight is 252 g/mol. The van der Waals surface area contributed by atoms with Crippen LogP contribution >= 0.6 is 0 Å².